The molecule has 2 aromatic heterocycles. The highest BCUT2D eigenvalue weighted by Crippen LogP contribution is 2.32. The Hall–Kier alpha value is -3.56. The van der Waals surface area contributed by atoms with Crippen molar-refractivity contribution < 1.29 is 14.3 Å². The number of ether oxygens (including phenoxy) is 1. The molecule has 2 aromatic rings. The molecule has 2 saturated heterocycles. The van der Waals surface area contributed by atoms with Crippen molar-refractivity contribution in [2.75, 3.05) is 68.2 Å². The van der Waals surface area contributed by atoms with E-state index < -0.39 is 0 Å². The molecule has 3 aliphatic heterocycles. The average Bonchev–Trinajstić information content (AvgIpc) is 2.88. The fraction of sp³-hybridized carbons (Fsp3) is 0.500. The molecule has 3 aliphatic rings. The smallest absolute Gasteiger partial charge is 0.328 e. The van der Waals surface area contributed by atoms with Crippen LogP contribution >= 0.6 is 11.8 Å². The third-order valence-corrected chi connectivity index (χ3v) is 8.43. The molecule has 11 nitrogen and oxygen atoms in total. The third kappa shape index (κ3) is 5.63. The molecule has 0 bridgehead atoms. The van der Waals surface area contributed by atoms with Gasteiger partial charge in [-0.2, -0.15) is 22.0 Å². The topological polar surface area (TPSA) is 127 Å². The van der Waals surface area contributed by atoms with E-state index >= 15 is 0 Å². The zero-order valence-corrected chi connectivity index (χ0v) is 22.5. The number of carbonyl (C=O) groups excluding carboxylic acids is 2. The standard InChI is InChI=1S/C26H32N8O3S/c1-32-7-8-33(23(35)16-32)15-18-10-17-4-3-6-34(24(17)31-25(18)37-2)26(36)30-22-11-21(19(12-27)13-29-22)28-14-20-5-9-38-20/h10-11,13,20H,3-9,14-16H2,1-2H3,(H2,28,29,30,36). The van der Waals surface area contributed by atoms with Crippen LogP contribution in [0.2, 0.25) is 0 Å². The number of hydrogen-bond acceptors (Lipinski definition) is 9. The molecule has 1 unspecified atom stereocenters. The molecule has 2 fully saturated rings. The summed E-state index contributed by atoms with van der Waals surface area (Å²) in [4.78, 5) is 40.3. The summed E-state index contributed by atoms with van der Waals surface area (Å²) in [5.74, 6) is 2.57. The molecule has 1 atom stereocenters. The van der Waals surface area contributed by atoms with Crippen LogP contribution in [0, 0.1) is 11.3 Å². The second-order valence-electron chi connectivity index (χ2n) is 9.77. The number of nitrogens with one attached hydrogen (secondary N) is 2. The molecule has 0 radical (unpaired) electrons. The zero-order valence-electron chi connectivity index (χ0n) is 21.7. The molecule has 0 spiro atoms. The van der Waals surface area contributed by atoms with Gasteiger partial charge in [-0.25, -0.2) is 9.78 Å². The fourth-order valence-electron chi connectivity index (χ4n) is 4.82. The number of carbonyl (C=O) groups is 2. The number of aryl methyl sites for hydroxylation is 1. The number of pyridine rings is 2. The molecule has 2 N–H and O–H groups in total. The van der Waals surface area contributed by atoms with E-state index in [0.29, 0.717) is 60.2 Å². The van der Waals surface area contributed by atoms with Gasteiger partial charge in [-0.05, 0) is 43.7 Å². The van der Waals surface area contributed by atoms with Crippen molar-refractivity contribution in [1.82, 2.24) is 19.8 Å². The van der Waals surface area contributed by atoms with Crippen LogP contribution in [0.4, 0.5) is 22.1 Å². The van der Waals surface area contributed by atoms with Crippen molar-refractivity contribution in [3.63, 3.8) is 0 Å². The van der Waals surface area contributed by atoms with Crippen molar-refractivity contribution in [3.05, 3.63) is 35.0 Å². The maximum Gasteiger partial charge on any atom is 0.328 e. The first-order chi connectivity index (χ1) is 18.4. The normalized spacial score (nSPS) is 19.3. The maximum absolute atomic E-state index is 13.3. The number of likely N-dealkylation sites (N-methyl/N-ethyl adjacent to an activating group) is 1. The van der Waals surface area contributed by atoms with Crippen LogP contribution in [0.15, 0.2) is 18.3 Å². The number of anilines is 3. The lowest BCUT2D eigenvalue weighted by Gasteiger charge is -2.33. The summed E-state index contributed by atoms with van der Waals surface area (Å²) in [5, 5.41) is 16.2. The first-order valence-electron chi connectivity index (χ1n) is 12.8. The molecule has 38 heavy (non-hydrogen) atoms. The van der Waals surface area contributed by atoms with Gasteiger partial charge in [0.25, 0.3) is 0 Å². The predicted molar refractivity (Wildman–Crippen MR) is 147 cm³/mol. The minimum Gasteiger partial charge on any atom is -0.481 e. The lowest BCUT2D eigenvalue weighted by atomic mass is 10.0. The molecule has 5 heterocycles. The van der Waals surface area contributed by atoms with Gasteiger partial charge in [-0.15, -0.1) is 0 Å². The second kappa shape index (κ2) is 11.4. The number of fused-ring (bicyclic) bond motifs is 1. The van der Waals surface area contributed by atoms with E-state index in [0.717, 1.165) is 43.5 Å². The minimum atomic E-state index is -0.347. The molecular formula is C26H32N8O3S. The van der Waals surface area contributed by atoms with Crippen LogP contribution in [-0.2, 0) is 17.8 Å². The van der Waals surface area contributed by atoms with Crippen molar-refractivity contribution in [2.45, 2.75) is 31.1 Å². The first kappa shape index (κ1) is 26.1. The van der Waals surface area contributed by atoms with E-state index in [9.17, 15) is 14.9 Å². The number of hydrogen-bond donors (Lipinski definition) is 2. The van der Waals surface area contributed by atoms with Gasteiger partial charge in [0.05, 0.1) is 31.5 Å². The fourth-order valence-corrected chi connectivity index (χ4v) is 5.59. The number of thioether (sulfide) groups is 1. The Morgan fingerprint density at radius 2 is 2.16 bits per heavy atom. The molecular weight excluding hydrogens is 504 g/mol. The van der Waals surface area contributed by atoms with E-state index in [2.05, 4.69) is 21.7 Å². The van der Waals surface area contributed by atoms with Crippen molar-refractivity contribution in [1.29, 1.82) is 5.26 Å². The minimum absolute atomic E-state index is 0.0785. The summed E-state index contributed by atoms with van der Waals surface area (Å²) in [6.45, 7) is 3.56. The number of aromatic nitrogens is 2. The molecule has 200 valence electrons. The summed E-state index contributed by atoms with van der Waals surface area (Å²) in [7, 11) is 3.49. The number of piperazine rings is 1. The summed E-state index contributed by atoms with van der Waals surface area (Å²) in [6, 6.07) is 5.52. The lowest BCUT2D eigenvalue weighted by molar-refractivity contribution is -0.136. The highest BCUT2D eigenvalue weighted by molar-refractivity contribution is 8.01. The number of amides is 3. The predicted octanol–water partition coefficient (Wildman–Crippen LogP) is 2.53. The highest BCUT2D eigenvalue weighted by Gasteiger charge is 2.29. The summed E-state index contributed by atoms with van der Waals surface area (Å²) in [6.07, 6.45) is 4.20. The first-order valence-corrected chi connectivity index (χ1v) is 13.9. The van der Waals surface area contributed by atoms with Crippen LogP contribution in [0.3, 0.4) is 0 Å². The molecule has 0 saturated carbocycles. The zero-order chi connectivity index (χ0) is 26.6. The number of nitrogens with zero attached hydrogens (tertiary/aromatic N) is 6. The van der Waals surface area contributed by atoms with Gasteiger partial charge < -0.3 is 15.0 Å². The van der Waals surface area contributed by atoms with E-state index in [1.807, 2.05) is 34.7 Å². The highest BCUT2D eigenvalue weighted by atomic mass is 32.2. The molecule has 0 aliphatic carbocycles. The number of urea groups is 1. The molecule has 0 aromatic carbocycles. The second-order valence-corrected chi connectivity index (χ2v) is 11.2. The van der Waals surface area contributed by atoms with Gasteiger partial charge in [0.1, 0.15) is 17.7 Å². The Kier molecular flexibility index (Phi) is 7.85. The molecule has 5 rings (SSSR count). The Labute approximate surface area is 226 Å². The average molecular weight is 537 g/mol. The van der Waals surface area contributed by atoms with Crippen molar-refractivity contribution in [3.8, 4) is 11.9 Å². The van der Waals surface area contributed by atoms with Gasteiger partial charge in [0.2, 0.25) is 11.8 Å². The summed E-state index contributed by atoms with van der Waals surface area (Å²) in [5.41, 5.74) is 2.87. The molecule has 3 amide bonds. The third-order valence-electron chi connectivity index (χ3n) is 7.08. The van der Waals surface area contributed by atoms with Gasteiger partial charge in [-0.1, -0.05) is 0 Å². The van der Waals surface area contributed by atoms with Crippen LogP contribution in [0.5, 0.6) is 5.88 Å². The van der Waals surface area contributed by atoms with Gasteiger partial charge in [0.15, 0.2) is 0 Å². The Morgan fingerprint density at radius 3 is 2.87 bits per heavy atom. The van der Waals surface area contributed by atoms with E-state index in [1.165, 1.54) is 11.9 Å². The van der Waals surface area contributed by atoms with Crippen LogP contribution in [0.25, 0.3) is 0 Å². The van der Waals surface area contributed by atoms with E-state index in [4.69, 9.17) is 9.72 Å². The quantitative estimate of drug-likeness (QED) is 0.549. The monoisotopic (exact) mass is 536 g/mol. The maximum atomic E-state index is 13.3. The largest absolute Gasteiger partial charge is 0.481 e. The Balaban J connectivity index is 1.32. The Morgan fingerprint density at radius 1 is 1.32 bits per heavy atom. The van der Waals surface area contributed by atoms with E-state index in [1.54, 1.807) is 18.1 Å². The van der Waals surface area contributed by atoms with Crippen molar-refractivity contribution >= 4 is 41.0 Å². The number of rotatable bonds is 7. The van der Waals surface area contributed by atoms with Gasteiger partial charge >= 0.3 is 6.03 Å². The number of nitriles is 1. The summed E-state index contributed by atoms with van der Waals surface area (Å²) >= 11 is 1.90. The van der Waals surface area contributed by atoms with Gasteiger partial charge in [-0.3, -0.25) is 19.9 Å². The van der Waals surface area contributed by atoms with Crippen LogP contribution in [0.1, 0.15) is 29.5 Å². The van der Waals surface area contributed by atoms with E-state index in [-0.39, 0.29) is 11.9 Å². The summed E-state index contributed by atoms with van der Waals surface area (Å²) < 4.78 is 5.59. The van der Waals surface area contributed by atoms with Crippen molar-refractivity contribution in [2.24, 2.45) is 0 Å². The van der Waals surface area contributed by atoms with Crippen LogP contribution in [-0.4, -0.2) is 89.6 Å². The Bertz CT molecular complexity index is 1260. The number of methoxy groups -OCH3 is 1. The SMILES string of the molecule is COc1nc2c(cc1CN1CCN(C)CC1=O)CCCN2C(=O)Nc1cc(NCC2CCS2)c(C#N)cn1. The van der Waals surface area contributed by atoms with Gasteiger partial charge in [0, 0.05) is 49.3 Å². The lowest BCUT2D eigenvalue weighted by Crippen LogP contribution is -2.48. The molecule has 12 heteroatoms. The van der Waals surface area contributed by atoms with Crippen LogP contribution < -0.4 is 20.3 Å².